The second-order valence-corrected chi connectivity index (χ2v) is 6.47. The molecule has 3 heteroatoms. The first kappa shape index (κ1) is 14.3. The predicted octanol–water partition coefficient (Wildman–Crippen LogP) is 4.19. The highest BCUT2D eigenvalue weighted by Gasteiger charge is 2.39. The molecule has 2 nitrogen and oxygen atoms in total. The van der Waals surface area contributed by atoms with Crippen molar-refractivity contribution in [1.29, 1.82) is 0 Å². The number of hydrogen-bond acceptors (Lipinski definition) is 1. The van der Waals surface area contributed by atoms with Gasteiger partial charge in [-0.05, 0) is 36.5 Å². The van der Waals surface area contributed by atoms with Gasteiger partial charge in [0.25, 0.3) is 0 Å². The van der Waals surface area contributed by atoms with Gasteiger partial charge in [0.2, 0.25) is 5.91 Å². The van der Waals surface area contributed by atoms with Gasteiger partial charge < -0.3 is 5.32 Å². The molecule has 0 unspecified atom stereocenters. The molecule has 0 saturated heterocycles. The van der Waals surface area contributed by atoms with Gasteiger partial charge in [-0.1, -0.05) is 64.5 Å². The molecule has 0 atom stereocenters. The van der Waals surface area contributed by atoms with Gasteiger partial charge in [0.15, 0.2) is 0 Å². The van der Waals surface area contributed by atoms with E-state index in [-0.39, 0.29) is 11.4 Å². The first-order chi connectivity index (χ1) is 10.2. The summed E-state index contributed by atoms with van der Waals surface area (Å²) in [5.74, 6) is 0.0884. The Morgan fingerprint density at radius 3 is 2.33 bits per heavy atom. The van der Waals surface area contributed by atoms with Crippen LogP contribution in [0.1, 0.15) is 30.4 Å². The monoisotopic (exact) mass is 343 g/mol. The second-order valence-electron chi connectivity index (χ2n) is 5.62. The number of carbonyl (C=O) groups excluding carboxylic acids is 1. The van der Waals surface area contributed by atoms with Crippen LogP contribution in [0.5, 0.6) is 0 Å². The highest BCUT2D eigenvalue weighted by atomic mass is 79.9. The zero-order valence-corrected chi connectivity index (χ0v) is 13.4. The minimum absolute atomic E-state index is 0.0884. The van der Waals surface area contributed by atoms with Crippen LogP contribution >= 0.6 is 15.9 Å². The molecule has 1 aliphatic rings. The topological polar surface area (TPSA) is 29.1 Å². The zero-order valence-electron chi connectivity index (χ0n) is 11.8. The largest absolute Gasteiger partial charge is 0.346 e. The fourth-order valence-corrected chi connectivity index (χ4v) is 3.32. The van der Waals surface area contributed by atoms with Crippen molar-refractivity contribution in [3.05, 3.63) is 70.2 Å². The summed E-state index contributed by atoms with van der Waals surface area (Å²) in [6, 6.07) is 18.2. The molecule has 2 aromatic rings. The smallest absolute Gasteiger partial charge is 0.225 e. The van der Waals surface area contributed by atoms with Crippen molar-refractivity contribution < 1.29 is 4.79 Å². The number of halogens is 1. The molecule has 0 bridgehead atoms. The van der Waals surface area contributed by atoms with E-state index >= 15 is 0 Å². The molecular formula is C18H18BrNO. The van der Waals surface area contributed by atoms with Gasteiger partial charge in [0, 0.05) is 4.47 Å². The number of rotatable bonds is 4. The van der Waals surface area contributed by atoms with Gasteiger partial charge in [0.1, 0.15) is 0 Å². The summed E-state index contributed by atoms with van der Waals surface area (Å²) in [4.78, 5) is 12.4. The summed E-state index contributed by atoms with van der Waals surface area (Å²) in [7, 11) is 0. The number of benzene rings is 2. The first-order valence-electron chi connectivity index (χ1n) is 7.30. The lowest BCUT2D eigenvalue weighted by molar-refractivity contribution is -0.123. The maximum atomic E-state index is 12.4. The average molecular weight is 344 g/mol. The van der Waals surface area contributed by atoms with Gasteiger partial charge in [-0.15, -0.1) is 0 Å². The van der Waals surface area contributed by atoms with Crippen molar-refractivity contribution >= 4 is 21.8 Å². The van der Waals surface area contributed by atoms with E-state index in [0.29, 0.717) is 6.42 Å². The van der Waals surface area contributed by atoms with Crippen LogP contribution in [0.2, 0.25) is 0 Å². The van der Waals surface area contributed by atoms with Gasteiger partial charge in [-0.2, -0.15) is 0 Å². The van der Waals surface area contributed by atoms with E-state index in [2.05, 4.69) is 33.4 Å². The molecule has 0 aromatic heterocycles. The van der Waals surface area contributed by atoms with E-state index in [0.717, 1.165) is 22.9 Å². The Hall–Kier alpha value is -1.61. The number of hydrogen-bond donors (Lipinski definition) is 1. The Kier molecular flexibility index (Phi) is 4.11. The molecule has 0 spiro atoms. The van der Waals surface area contributed by atoms with E-state index in [9.17, 15) is 4.79 Å². The maximum Gasteiger partial charge on any atom is 0.225 e. The molecule has 2 aromatic carbocycles. The summed E-state index contributed by atoms with van der Waals surface area (Å²) in [5.41, 5.74) is 2.09. The first-order valence-corrected chi connectivity index (χ1v) is 8.09. The molecule has 21 heavy (non-hydrogen) atoms. The Balaban J connectivity index is 1.73. The van der Waals surface area contributed by atoms with Crippen molar-refractivity contribution in [2.75, 3.05) is 0 Å². The molecule has 1 N–H and O–H groups in total. The summed E-state index contributed by atoms with van der Waals surface area (Å²) in [6.45, 7) is 0. The molecule has 1 aliphatic carbocycles. The van der Waals surface area contributed by atoms with E-state index in [1.165, 1.54) is 12.0 Å². The van der Waals surface area contributed by atoms with Gasteiger partial charge >= 0.3 is 0 Å². The highest BCUT2D eigenvalue weighted by Crippen LogP contribution is 2.41. The molecular weight excluding hydrogens is 326 g/mol. The lowest BCUT2D eigenvalue weighted by atomic mass is 9.71. The third kappa shape index (κ3) is 3.03. The maximum absolute atomic E-state index is 12.4. The number of amides is 1. The molecule has 1 fully saturated rings. The van der Waals surface area contributed by atoms with E-state index < -0.39 is 0 Å². The average Bonchev–Trinajstić information content (AvgIpc) is 2.46. The summed E-state index contributed by atoms with van der Waals surface area (Å²) >= 11 is 3.50. The predicted molar refractivity (Wildman–Crippen MR) is 88.0 cm³/mol. The molecule has 0 radical (unpaired) electrons. The fourth-order valence-electron chi connectivity index (χ4n) is 2.90. The molecule has 3 rings (SSSR count). The van der Waals surface area contributed by atoms with Crippen LogP contribution in [0, 0.1) is 0 Å². The Morgan fingerprint density at radius 2 is 1.71 bits per heavy atom. The van der Waals surface area contributed by atoms with Crippen molar-refractivity contribution in [3.63, 3.8) is 0 Å². The van der Waals surface area contributed by atoms with Crippen molar-refractivity contribution in [1.82, 2.24) is 5.32 Å². The van der Waals surface area contributed by atoms with Crippen molar-refractivity contribution in [2.24, 2.45) is 0 Å². The zero-order chi connectivity index (χ0) is 14.7. The van der Waals surface area contributed by atoms with Crippen LogP contribution in [-0.4, -0.2) is 5.91 Å². The Morgan fingerprint density at radius 1 is 1.05 bits per heavy atom. The van der Waals surface area contributed by atoms with Crippen LogP contribution in [0.25, 0.3) is 0 Å². The van der Waals surface area contributed by atoms with Crippen LogP contribution < -0.4 is 5.32 Å². The Labute approximate surface area is 133 Å². The van der Waals surface area contributed by atoms with Gasteiger partial charge in [-0.25, -0.2) is 0 Å². The lowest BCUT2D eigenvalue weighted by Crippen LogP contribution is -2.51. The van der Waals surface area contributed by atoms with Crippen molar-refractivity contribution in [2.45, 2.75) is 31.2 Å². The molecule has 0 heterocycles. The standard InChI is InChI=1S/C18H18BrNO/c19-16-10-5-4-7-14(16)13-17(21)20-18(11-6-12-18)15-8-2-1-3-9-15/h1-5,7-10H,6,11-13H2,(H,20,21). The van der Waals surface area contributed by atoms with Gasteiger partial charge in [-0.3, -0.25) is 4.79 Å². The molecule has 1 amide bonds. The molecule has 1 saturated carbocycles. The van der Waals surface area contributed by atoms with Gasteiger partial charge in [0.05, 0.1) is 12.0 Å². The summed E-state index contributed by atoms with van der Waals surface area (Å²) in [5, 5.41) is 3.26. The minimum Gasteiger partial charge on any atom is -0.346 e. The summed E-state index contributed by atoms with van der Waals surface area (Å²) < 4.78 is 0.988. The number of carbonyl (C=O) groups is 1. The summed E-state index contributed by atoms with van der Waals surface area (Å²) in [6.07, 6.45) is 3.64. The van der Waals surface area contributed by atoms with Crippen molar-refractivity contribution in [3.8, 4) is 0 Å². The van der Waals surface area contributed by atoms with Crippen LogP contribution in [0.4, 0.5) is 0 Å². The fraction of sp³-hybridized carbons (Fsp3) is 0.278. The molecule has 108 valence electrons. The van der Waals surface area contributed by atoms with E-state index in [1.54, 1.807) is 0 Å². The Bertz CT molecular complexity index is 635. The van der Waals surface area contributed by atoms with Crippen LogP contribution in [-0.2, 0) is 16.8 Å². The SMILES string of the molecule is O=C(Cc1ccccc1Br)NC1(c2ccccc2)CCC1. The van der Waals surface area contributed by atoms with Crippen LogP contribution in [0.15, 0.2) is 59.1 Å². The van der Waals surface area contributed by atoms with E-state index in [1.807, 2.05) is 42.5 Å². The van der Waals surface area contributed by atoms with Crippen LogP contribution in [0.3, 0.4) is 0 Å². The van der Waals surface area contributed by atoms with E-state index in [4.69, 9.17) is 0 Å². The highest BCUT2D eigenvalue weighted by molar-refractivity contribution is 9.10. The third-order valence-electron chi connectivity index (χ3n) is 4.22. The normalized spacial score (nSPS) is 16.0. The lowest BCUT2D eigenvalue weighted by Gasteiger charge is -2.43. The molecule has 0 aliphatic heterocycles. The third-order valence-corrected chi connectivity index (χ3v) is 4.99. The number of nitrogens with one attached hydrogen (secondary N) is 1. The quantitative estimate of drug-likeness (QED) is 0.885. The second kappa shape index (κ2) is 6.02. The minimum atomic E-state index is -0.153.